The van der Waals surface area contributed by atoms with Crippen molar-refractivity contribution in [1.29, 1.82) is 0 Å². The molecule has 2 N–H and O–H groups in total. The smallest absolute Gasteiger partial charge is 0.221 e. The Bertz CT molecular complexity index is 635. The summed E-state index contributed by atoms with van der Waals surface area (Å²) in [7, 11) is 1.82. The third-order valence-electron chi connectivity index (χ3n) is 3.31. The van der Waals surface area contributed by atoms with Gasteiger partial charge in [0.15, 0.2) is 0 Å². The Morgan fingerprint density at radius 2 is 1.88 bits per heavy atom. The Labute approximate surface area is 147 Å². The van der Waals surface area contributed by atoms with Crippen molar-refractivity contribution in [2.45, 2.75) is 19.6 Å². The first-order chi connectivity index (χ1) is 11.2. The molecule has 0 aliphatic carbocycles. The van der Waals surface area contributed by atoms with Crippen LogP contribution in [0.25, 0.3) is 0 Å². The van der Waals surface area contributed by atoms with Crippen LogP contribution < -0.4 is 15.4 Å². The lowest BCUT2D eigenvalue weighted by Crippen LogP contribution is -2.26. The lowest BCUT2D eigenvalue weighted by molar-refractivity contribution is -0.121. The summed E-state index contributed by atoms with van der Waals surface area (Å²) in [6, 6.07) is 13.8. The summed E-state index contributed by atoms with van der Waals surface area (Å²) in [5, 5.41) is 5.79. The number of benzene rings is 2. The van der Waals surface area contributed by atoms with Gasteiger partial charge in [-0.05, 0) is 42.4 Å². The van der Waals surface area contributed by atoms with Gasteiger partial charge in [-0.2, -0.15) is 0 Å². The maximum Gasteiger partial charge on any atom is 0.221 e. The molecule has 0 unspecified atom stereocenters. The van der Waals surface area contributed by atoms with Gasteiger partial charge in [-0.25, -0.2) is 4.39 Å². The molecule has 0 aliphatic heterocycles. The minimum atomic E-state index is -0.268. The molecule has 2 aromatic rings. The molecule has 0 fully saturated rings. The summed E-state index contributed by atoms with van der Waals surface area (Å²) in [6.45, 7) is 1.48. The SMILES string of the molecule is CNCCC(=O)NCc1ccc(OCc2cccc(F)c2)cc1.Cl. The van der Waals surface area contributed by atoms with Crippen LogP contribution in [0, 0.1) is 5.82 Å². The van der Waals surface area contributed by atoms with Crippen LogP contribution in [-0.2, 0) is 17.9 Å². The molecule has 0 aromatic heterocycles. The minimum absolute atomic E-state index is 0. The van der Waals surface area contributed by atoms with Crippen molar-refractivity contribution in [3.8, 4) is 5.75 Å². The van der Waals surface area contributed by atoms with E-state index in [1.54, 1.807) is 6.07 Å². The van der Waals surface area contributed by atoms with Gasteiger partial charge in [0.1, 0.15) is 18.2 Å². The fourth-order valence-electron chi connectivity index (χ4n) is 2.02. The van der Waals surface area contributed by atoms with Crippen LogP contribution in [-0.4, -0.2) is 19.5 Å². The van der Waals surface area contributed by atoms with Gasteiger partial charge in [0, 0.05) is 19.5 Å². The van der Waals surface area contributed by atoms with Crippen LogP contribution in [0.2, 0.25) is 0 Å². The predicted octanol–water partition coefficient (Wildman–Crippen LogP) is 3.05. The highest BCUT2D eigenvalue weighted by Gasteiger charge is 2.01. The van der Waals surface area contributed by atoms with Crippen LogP contribution in [0.5, 0.6) is 5.75 Å². The quantitative estimate of drug-likeness (QED) is 0.767. The first-order valence-corrected chi connectivity index (χ1v) is 7.55. The summed E-state index contributed by atoms with van der Waals surface area (Å²) in [6.07, 6.45) is 0.464. The lowest BCUT2D eigenvalue weighted by atomic mass is 10.2. The van der Waals surface area contributed by atoms with Gasteiger partial charge in [0.2, 0.25) is 5.91 Å². The number of carbonyl (C=O) groups is 1. The summed E-state index contributed by atoms with van der Waals surface area (Å²) >= 11 is 0. The van der Waals surface area contributed by atoms with Crippen LogP contribution in [0.4, 0.5) is 4.39 Å². The molecule has 1 amide bonds. The molecule has 0 aliphatic rings. The van der Waals surface area contributed by atoms with E-state index in [4.69, 9.17) is 4.74 Å². The normalized spacial score (nSPS) is 9.92. The average molecular weight is 353 g/mol. The lowest BCUT2D eigenvalue weighted by Gasteiger charge is -2.08. The molecule has 0 radical (unpaired) electrons. The standard InChI is InChI=1S/C18H21FN2O2.ClH/c1-20-10-9-18(22)21-12-14-5-7-17(8-6-14)23-13-15-3-2-4-16(19)11-15;/h2-8,11,20H,9-10,12-13H2,1H3,(H,21,22);1H. The van der Waals surface area contributed by atoms with Gasteiger partial charge in [0.25, 0.3) is 0 Å². The first-order valence-electron chi connectivity index (χ1n) is 7.55. The second-order valence-corrected chi connectivity index (χ2v) is 5.19. The highest BCUT2D eigenvalue weighted by molar-refractivity contribution is 5.85. The highest BCUT2D eigenvalue weighted by Crippen LogP contribution is 2.14. The molecule has 0 saturated carbocycles. The molecule has 0 bridgehead atoms. The topological polar surface area (TPSA) is 50.4 Å². The van der Waals surface area contributed by atoms with E-state index in [1.165, 1.54) is 12.1 Å². The van der Waals surface area contributed by atoms with Gasteiger partial charge in [-0.1, -0.05) is 24.3 Å². The molecule has 2 rings (SSSR count). The van der Waals surface area contributed by atoms with Crippen molar-refractivity contribution in [3.63, 3.8) is 0 Å². The van der Waals surface area contributed by atoms with E-state index < -0.39 is 0 Å². The number of hydrogen-bond donors (Lipinski definition) is 2. The van der Waals surface area contributed by atoms with Crippen molar-refractivity contribution >= 4 is 18.3 Å². The van der Waals surface area contributed by atoms with Gasteiger partial charge < -0.3 is 15.4 Å². The largest absolute Gasteiger partial charge is 0.489 e. The molecule has 0 saturated heterocycles. The van der Waals surface area contributed by atoms with Crippen molar-refractivity contribution < 1.29 is 13.9 Å². The van der Waals surface area contributed by atoms with E-state index in [0.717, 1.165) is 11.1 Å². The summed E-state index contributed by atoms with van der Waals surface area (Å²) < 4.78 is 18.7. The molecule has 24 heavy (non-hydrogen) atoms. The van der Waals surface area contributed by atoms with E-state index >= 15 is 0 Å². The van der Waals surface area contributed by atoms with Crippen LogP contribution >= 0.6 is 12.4 Å². The number of amides is 1. The monoisotopic (exact) mass is 352 g/mol. The number of ether oxygens (including phenoxy) is 1. The minimum Gasteiger partial charge on any atom is -0.489 e. The van der Waals surface area contributed by atoms with Gasteiger partial charge in [-0.3, -0.25) is 4.79 Å². The number of hydrogen-bond acceptors (Lipinski definition) is 3. The third kappa shape index (κ3) is 6.98. The van der Waals surface area contributed by atoms with Gasteiger partial charge in [-0.15, -0.1) is 12.4 Å². The zero-order chi connectivity index (χ0) is 16.5. The Balaban J connectivity index is 0.00000288. The summed E-state index contributed by atoms with van der Waals surface area (Å²) in [5.41, 5.74) is 1.78. The van der Waals surface area contributed by atoms with E-state index in [-0.39, 0.29) is 24.1 Å². The molecule has 2 aromatic carbocycles. The first kappa shape index (κ1) is 19.9. The third-order valence-corrected chi connectivity index (χ3v) is 3.31. The maximum absolute atomic E-state index is 13.1. The molecular weight excluding hydrogens is 331 g/mol. The average Bonchev–Trinajstić information content (AvgIpc) is 2.57. The molecule has 0 spiro atoms. The van der Waals surface area contributed by atoms with E-state index in [1.807, 2.05) is 37.4 Å². The van der Waals surface area contributed by atoms with Crippen LogP contribution in [0.1, 0.15) is 17.5 Å². The second kappa shape index (κ2) is 10.6. The molecule has 0 atom stereocenters. The number of halogens is 2. The Kier molecular flexibility index (Phi) is 8.83. The number of nitrogens with one attached hydrogen (secondary N) is 2. The predicted molar refractivity (Wildman–Crippen MR) is 94.8 cm³/mol. The maximum atomic E-state index is 13.1. The Morgan fingerprint density at radius 3 is 2.54 bits per heavy atom. The van der Waals surface area contributed by atoms with Crippen LogP contribution in [0.3, 0.4) is 0 Å². The van der Waals surface area contributed by atoms with E-state index in [2.05, 4.69) is 10.6 Å². The number of rotatable bonds is 8. The van der Waals surface area contributed by atoms with Gasteiger partial charge >= 0.3 is 0 Å². The Hall–Kier alpha value is -2.11. The zero-order valence-electron chi connectivity index (χ0n) is 13.5. The molecule has 6 heteroatoms. The van der Waals surface area contributed by atoms with Crippen molar-refractivity contribution in [1.82, 2.24) is 10.6 Å². The van der Waals surface area contributed by atoms with E-state index in [0.29, 0.717) is 31.9 Å². The van der Waals surface area contributed by atoms with E-state index in [9.17, 15) is 9.18 Å². The molecule has 130 valence electrons. The summed E-state index contributed by atoms with van der Waals surface area (Å²) in [5.74, 6) is 0.459. The van der Waals surface area contributed by atoms with Crippen molar-refractivity contribution in [3.05, 3.63) is 65.5 Å². The van der Waals surface area contributed by atoms with Crippen molar-refractivity contribution in [2.75, 3.05) is 13.6 Å². The second-order valence-electron chi connectivity index (χ2n) is 5.19. The Morgan fingerprint density at radius 1 is 1.12 bits per heavy atom. The molecule has 0 heterocycles. The highest BCUT2D eigenvalue weighted by atomic mass is 35.5. The fraction of sp³-hybridized carbons (Fsp3) is 0.278. The summed E-state index contributed by atoms with van der Waals surface area (Å²) in [4.78, 5) is 11.5. The fourth-order valence-corrected chi connectivity index (χ4v) is 2.02. The zero-order valence-corrected chi connectivity index (χ0v) is 14.4. The van der Waals surface area contributed by atoms with Gasteiger partial charge in [0.05, 0.1) is 0 Å². The molecule has 4 nitrogen and oxygen atoms in total. The van der Waals surface area contributed by atoms with Crippen molar-refractivity contribution in [2.24, 2.45) is 0 Å². The van der Waals surface area contributed by atoms with Crippen LogP contribution in [0.15, 0.2) is 48.5 Å². The molecular formula is C18H22ClFN2O2. The number of carbonyl (C=O) groups excluding carboxylic acids is 1.